The van der Waals surface area contributed by atoms with E-state index < -0.39 is 0 Å². The van der Waals surface area contributed by atoms with Gasteiger partial charge in [0.15, 0.2) is 28.2 Å². The third kappa shape index (κ3) is 4.74. The molecule has 1 aromatic heterocycles. The van der Waals surface area contributed by atoms with E-state index in [4.69, 9.17) is 42.8 Å². The fourth-order valence-corrected chi connectivity index (χ4v) is 4.97. The first-order valence-electron chi connectivity index (χ1n) is 11.0. The van der Waals surface area contributed by atoms with Crippen LogP contribution in [0.5, 0.6) is 23.0 Å². The average Bonchev–Trinajstić information content (AvgIpc) is 3.13. The largest absolute Gasteiger partial charge is 0.493 e. The second kappa shape index (κ2) is 11.0. The molecule has 0 aliphatic heterocycles. The number of rotatable bonds is 6. The Morgan fingerprint density at radius 1 is 1.06 bits per heavy atom. The van der Waals surface area contributed by atoms with Crippen molar-refractivity contribution in [2.75, 3.05) is 33.8 Å². The number of halogens is 1. The first kappa shape index (κ1) is 25.5. The number of anilines is 1. The topological polar surface area (TPSA) is 104 Å². The van der Waals surface area contributed by atoms with Gasteiger partial charge in [-0.25, -0.2) is 0 Å². The molecule has 0 spiro atoms. The van der Waals surface area contributed by atoms with Crippen LogP contribution in [-0.4, -0.2) is 43.7 Å². The minimum absolute atomic E-state index is 0.203. The molecule has 0 amide bonds. The van der Waals surface area contributed by atoms with Gasteiger partial charge in [-0.1, -0.05) is 17.7 Å². The van der Waals surface area contributed by atoms with Crippen LogP contribution in [0, 0.1) is 0 Å². The number of thiocarbonyl (C=S) groups is 1. The lowest BCUT2D eigenvalue weighted by Crippen LogP contribution is -2.33. The lowest BCUT2D eigenvalue weighted by atomic mass is 9.95. The molecule has 11 heteroatoms. The van der Waals surface area contributed by atoms with Crippen molar-refractivity contribution in [3.05, 3.63) is 62.9 Å². The van der Waals surface area contributed by atoms with Gasteiger partial charge in [-0.2, -0.15) is 5.10 Å². The van der Waals surface area contributed by atoms with E-state index >= 15 is 0 Å². The highest BCUT2D eigenvalue weighted by Crippen LogP contribution is 2.54. The highest BCUT2D eigenvalue weighted by atomic mass is 35.5. The summed E-state index contributed by atoms with van der Waals surface area (Å²) in [7, 11) is 6.05. The van der Waals surface area contributed by atoms with Crippen molar-refractivity contribution in [3.8, 4) is 34.1 Å². The number of methoxy groups -OCH3 is 4. The van der Waals surface area contributed by atoms with Gasteiger partial charge in [0.25, 0.3) is 0 Å². The van der Waals surface area contributed by atoms with Crippen molar-refractivity contribution in [2.24, 2.45) is 0 Å². The Morgan fingerprint density at radius 3 is 2.44 bits per heavy atom. The minimum Gasteiger partial charge on any atom is -0.493 e. The normalized spacial score (nSPS) is 14.0. The Bertz CT molecular complexity index is 1360. The van der Waals surface area contributed by atoms with Gasteiger partial charge in [0.05, 0.1) is 39.5 Å². The number of ether oxygens (including phenoxy) is 4. The summed E-state index contributed by atoms with van der Waals surface area (Å²) in [5, 5.41) is 15.0. The van der Waals surface area contributed by atoms with E-state index in [1.807, 2.05) is 6.07 Å². The van der Waals surface area contributed by atoms with Crippen LogP contribution in [0.4, 0.5) is 5.82 Å². The molecule has 2 N–H and O–H groups in total. The number of hydrogen-bond acceptors (Lipinski definition) is 8. The molecule has 0 saturated heterocycles. The Labute approximate surface area is 218 Å². The summed E-state index contributed by atoms with van der Waals surface area (Å²) in [4.78, 5) is 13.0. The number of benzene rings is 1. The second-order valence-electron chi connectivity index (χ2n) is 7.85. The van der Waals surface area contributed by atoms with Crippen LogP contribution < -0.4 is 35.0 Å². The van der Waals surface area contributed by atoms with Crippen LogP contribution in [0.3, 0.4) is 0 Å². The van der Waals surface area contributed by atoms with Crippen molar-refractivity contribution in [1.82, 2.24) is 15.5 Å². The Morgan fingerprint density at radius 2 is 1.81 bits per heavy atom. The van der Waals surface area contributed by atoms with Crippen molar-refractivity contribution < 1.29 is 18.9 Å². The Kier molecular flexibility index (Phi) is 7.76. The van der Waals surface area contributed by atoms with Crippen LogP contribution >= 0.6 is 23.8 Å². The van der Waals surface area contributed by atoms with Gasteiger partial charge in [0, 0.05) is 11.8 Å². The van der Waals surface area contributed by atoms with E-state index in [1.54, 1.807) is 37.6 Å². The minimum atomic E-state index is -0.355. The fourth-order valence-electron chi connectivity index (χ4n) is 4.37. The molecule has 0 unspecified atom stereocenters. The van der Waals surface area contributed by atoms with Crippen LogP contribution in [0.2, 0.25) is 5.02 Å². The smallest absolute Gasteiger partial charge is 0.220 e. The molecule has 4 rings (SSSR count). The molecule has 1 atom stereocenters. The summed E-state index contributed by atoms with van der Waals surface area (Å²) in [6.45, 7) is 0. The van der Waals surface area contributed by atoms with Crippen LogP contribution in [0.25, 0.3) is 11.1 Å². The zero-order valence-electron chi connectivity index (χ0n) is 20.2. The molecule has 9 nitrogen and oxygen atoms in total. The summed E-state index contributed by atoms with van der Waals surface area (Å²) >= 11 is 12.4. The maximum atomic E-state index is 13.0. The maximum absolute atomic E-state index is 13.0. The predicted octanol–water partition coefficient (Wildman–Crippen LogP) is 4.17. The zero-order chi connectivity index (χ0) is 25.8. The van der Waals surface area contributed by atoms with Crippen molar-refractivity contribution in [2.45, 2.75) is 18.9 Å². The SMILES string of the molecule is COc1c(Cl)c2c(c(OC)c1OC)-c1ccc(OC)c(=O)cc1[C@@H](NC(=S)Nc1cccnn1)CC2. The maximum Gasteiger partial charge on any atom is 0.220 e. The van der Waals surface area contributed by atoms with E-state index in [2.05, 4.69) is 20.8 Å². The molecular formula is C25H25ClN4O5S. The lowest BCUT2D eigenvalue weighted by molar-refractivity contribution is 0.325. The summed E-state index contributed by atoms with van der Waals surface area (Å²) in [5.74, 6) is 1.89. The van der Waals surface area contributed by atoms with E-state index in [9.17, 15) is 4.79 Å². The summed E-state index contributed by atoms with van der Waals surface area (Å²) in [6.07, 6.45) is 2.68. The van der Waals surface area contributed by atoms with Gasteiger partial charge in [-0.15, -0.1) is 5.10 Å². The third-order valence-electron chi connectivity index (χ3n) is 5.93. The Hall–Kier alpha value is -3.63. The quantitative estimate of drug-likeness (QED) is 0.453. The first-order chi connectivity index (χ1) is 17.4. The second-order valence-corrected chi connectivity index (χ2v) is 8.63. The molecule has 3 aromatic rings. The van der Waals surface area contributed by atoms with Gasteiger partial charge in [-0.3, -0.25) is 4.79 Å². The molecule has 2 aromatic carbocycles. The average molecular weight is 529 g/mol. The molecule has 0 fully saturated rings. The molecule has 0 bridgehead atoms. The number of nitrogens with one attached hydrogen (secondary N) is 2. The van der Waals surface area contributed by atoms with E-state index in [0.29, 0.717) is 57.2 Å². The predicted molar refractivity (Wildman–Crippen MR) is 142 cm³/mol. The molecule has 1 aliphatic carbocycles. The molecule has 36 heavy (non-hydrogen) atoms. The molecular weight excluding hydrogens is 504 g/mol. The highest BCUT2D eigenvalue weighted by Gasteiger charge is 2.32. The monoisotopic (exact) mass is 528 g/mol. The summed E-state index contributed by atoms with van der Waals surface area (Å²) < 4.78 is 22.3. The third-order valence-corrected chi connectivity index (χ3v) is 6.55. The highest BCUT2D eigenvalue weighted by molar-refractivity contribution is 7.80. The van der Waals surface area contributed by atoms with Crippen molar-refractivity contribution in [1.29, 1.82) is 0 Å². The molecule has 1 aliphatic rings. The van der Waals surface area contributed by atoms with Gasteiger partial charge in [-0.05, 0) is 66.0 Å². The summed E-state index contributed by atoms with van der Waals surface area (Å²) in [6, 6.07) is 8.15. The molecule has 188 valence electrons. The van der Waals surface area contributed by atoms with Crippen LogP contribution in [-0.2, 0) is 6.42 Å². The van der Waals surface area contributed by atoms with Crippen molar-refractivity contribution in [3.63, 3.8) is 0 Å². The molecule has 0 radical (unpaired) electrons. The molecule has 1 heterocycles. The number of fused-ring (bicyclic) bond motifs is 3. The van der Waals surface area contributed by atoms with Crippen LogP contribution in [0.15, 0.2) is 41.3 Å². The van der Waals surface area contributed by atoms with E-state index in [1.165, 1.54) is 21.3 Å². The molecule has 0 saturated carbocycles. The van der Waals surface area contributed by atoms with Gasteiger partial charge in [0.2, 0.25) is 11.2 Å². The standard InChI is InChI=1S/C25H25ClN4O5S/c1-32-18-10-8-13-15(12-17(18)31)16(28-25(36)29-19-6-5-11-27-30-19)9-7-14-20(13)22(33-2)24(35-4)23(34-3)21(14)26/h5-6,8,10-12,16H,7,9H2,1-4H3,(H2,28,29,30,36)/t16-/m0/s1. The van der Waals surface area contributed by atoms with Gasteiger partial charge < -0.3 is 29.6 Å². The van der Waals surface area contributed by atoms with Crippen molar-refractivity contribution >= 4 is 34.7 Å². The summed E-state index contributed by atoms with van der Waals surface area (Å²) in [5.41, 5.74) is 2.67. The Balaban J connectivity index is 1.91. The zero-order valence-corrected chi connectivity index (χ0v) is 21.7. The fraction of sp³-hybridized carbons (Fsp3) is 0.280. The van der Waals surface area contributed by atoms with Gasteiger partial charge >= 0.3 is 0 Å². The number of nitrogens with zero attached hydrogens (tertiary/aromatic N) is 2. The van der Waals surface area contributed by atoms with E-state index in [-0.39, 0.29) is 17.2 Å². The van der Waals surface area contributed by atoms with Crippen LogP contribution in [0.1, 0.15) is 23.6 Å². The van der Waals surface area contributed by atoms with Gasteiger partial charge in [0.1, 0.15) is 0 Å². The number of hydrogen-bond donors (Lipinski definition) is 2. The number of aromatic nitrogens is 2. The first-order valence-corrected chi connectivity index (χ1v) is 11.8. The van der Waals surface area contributed by atoms with E-state index in [0.717, 1.165) is 11.1 Å². The lowest BCUT2D eigenvalue weighted by Gasteiger charge is -2.21.